The SMILES string of the molecule is OCC1(Cc2cccnc2)CCNCC1. The van der Waals surface area contributed by atoms with Gasteiger partial charge in [0.1, 0.15) is 0 Å². The Kier molecular flexibility index (Phi) is 3.34. The Morgan fingerprint density at radius 3 is 2.80 bits per heavy atom. The molecular weight excluding hydrogens is 188 g/mol. The third kappa shape index (κ3) is 2.55. The van der Waals surface area contributed by atoms with E-state index in [1.54, 1.807) is 6.20 Å². The first-order valence-corrected chi connectivity index (χ1v) is 5.55. The molecule has 1 fully saturated rings. The van der Waals surface area contributed by atoms with Crippen molar-refractivity contribution in [3.63, 3.8) is 0 Å². The summed E-state index contributed by atoms with van der Waals surface area (Å²) in [6.07, 6.45) is 6.74. The van der Waals surface area contributed by atoms with Crippen LogP contribution in [0.3, 0.4) is 0 Å². The summed E-state index contributed by atoms with van der Waals surface area (Å²) in [5, 5.41) is 12.9. The molecule has 0 saturated carbocycles. The topological polar surface area (TPSA) is 45.2 Å². The van der Waals surface area contributed by atoms with Crippen LogP contribution < -0.4 is 5.32 Å². The number of hydrogen-bond donors (Lipinski definition) is 2. The molecule has 1 aromatic rings. The fourth-order valence-corrected chi connectivity index (χ4v) is 2.28. The summed E-state index contributed by atoms with van der Waals surface area (Å²) in [6.45, 7) is 2.31. The van der Waals surface area contributed by atoms with Crippen molar-refractivity contribution in [1.29, 1.82) is 0 Å². The molecule has 1 saturated heterocycles. The Hall–Kier alpha value is -0.930. The fourth-order valence-electron chi connectivity index (χ4n) is 2.28. The molecule has 0 radical (unpaired) electrons. The largest absolute Gasteiger partial charge is 0.396 e. The van der Waals surface area contributed by atoms with Crippen molar-refractivity contribution in [1.82, 2.24) is 10.3 Å². The molecule has 0 spiro atoms. The maximum absolute atomic E-state index is 9.55. The quantitative estimate of drug-likeness (QED) is 0.775. The monoisotopic (exact) mass is 206 g/mol. The number of aromatic nitrogens is 1. The van der Waals surface area contributed by atoms with Gasteiger partial charge in [-0.15, -0.1) is 0 Å². The highest BCUT2D eigenvalue weighted by molar-refractivity contribution is 5.11. The van der Waals surface area contributed by atoms with Crippen LogP contribution in [0.2, 0.25) is 0 Å². The summed E-state index contributed by atoms with van der Waals surface area (Å²) in [5.74, 6) is 0. The molecule has 0 bridgehead atoms. The minimum Gasteiger partial charge on any atom is -0.396 e. The van der Waals surface area contributed by atoms with Crippen molar-refractivity contribution in [3.05, 3.63) is 30.1 Å². The zero-order chi connectivity index (χ0) is 10.6. The number of nitrogens with zero attached hydrogens (tertiary/aromatic N) is 1. The van der Waals surface area contributed by atoms with E-state index < -0.39 is 0 Å². The van der Waals surface area contributed by atoms with Crippen LogP contribution >= 0.6 is 0 Å². The lowest BCUT2D eigenvalue weighted by Gasteiger charge is -2.36. The van der Waals surface area contributed by atoms with Gasteiger partial charge in [0.05, 0.1) is 0 Å². The molecule has 2 N–H and O–H groups in total. The Balaban J connectivity index is 2.07. The van der Waals surface area contributed by atoms with E-state index in [2.05, 4.69) is 16.4 Å². The molecule has 82 valence electrons. The van der Waals surface area contributed by atoms with Crippen molar-refractivity contribution in [2.75, 3.05) is 19.7 Å². The molecule has 0 aliphatic carbocycles. The Bertz CT molecular complexity index is 294. The van der Waals surface area contributed by atoms with Crippen LogP contribution in [0.4, 0.5) is 0 Å². The zero-order valence-electron chi connectivity index (χ0n) is 8.95. The first-order valence-electron chi connectivity index (χ1n) is 5.55. The first kappa shape index (κ1) is 10.6. The van der Waals surface area contributed by atoms with Crippen LogP contribution in [0.25, 0.3) is 0 Å². The maximum atomic E-state index is 9.55. The van der Waals surface area contributed by atoms with Crippen LogP contribution in [0.1, 0.15) is 18.4 Å². The molecule has 1 aliphatic heterocycles. The van der Waals surface area contributed by atoms with Crippen molar-refractivity contribution in [3.8, 4) is 0 Å². The Morgan fingerprint density at radius 2 is 2.20 bits per heavy atom. The van der Waals surface area contributed by atoms with Crippen LogP contribution in [-0.2, 0) is 6.42 Å². The van der Waals surface area contributed by atoms with Gasteiger partial charge in [0.15, 0.2) is 0 Å². The number of pyridine rings is 1. The number of hydrogen-bond acceptors (Lipinski definition) is 3. The molecule has 2 rings (SSSR count). The van der Waals surface area contributed by atoms with Crippen LogP contribution in [0.15, 0.2) is 24.5 Å². The second-order valence-electron chi connectivity index (χ2n) is 4.45. The standard InChI is InChI=1S/C12H18N2O/c15-10-12(3-6-13-7-4-12)8-11-2-1-5-14-9-11/h1-2,5,9,13,15H,3-4,6-8,10H2. The van der Waals surface area contributed by atoms with Gasteiger partial charge in [0, 0.05) is 19.0 Å². The number of aliphatic hydroxyl groups is 1. The highest BCUT2D eigenvalue weighted by Gasteiger charge is 2.31. The van der Waals surface area contributed by atoms with E-state index in [1.807, 2.05) is 12.3 Å². The van der Waals surface area contributed by atoms with Crippen LogP contribution in [0, 0.1) is 5.41 Å². The van der Waals surface area contributed by atoms with Crippen molar-refractivity contribution >= 4 is 0 Å². The molecule has 15 heavy (non-hydrogen) atoms. The highest BCUT2D eigenvalue weighted by Crippen LogP contribution is 2.31. The van der Waals surface area contributed by atoms with Gasteiger partial charge in [-0.1, -0.05) is 6.07 Å². The van der Waals surface area contributed by atoms with Crippen molar-refractivity contribution in [2.45, 2.75) is 19.3 Å². The van der Waals surface area contributed by atoms with E-state index in [0.717, 1.165) is 32.4 Å². The molecule has 0 aromatic carbocycles. The molecule has 0 amide bonds. The van der Waals surface area contributed by atoms with Crippen molar-refractivity contribution in [2.24, 2.45) is 5.41 Å². The van der Waals surface area contributed by atoms with Gasteiger partial charge in [-0.05, 0) is 49.4 Å². The number of rotatable bonds is 3. The van der Waals surface area contributed by atoms with Gasteiger partial charge >= 0.3 is 0 Å². The van der Waals surface area contributed by atoms with Gasteiger partial charge in [0.2, 0.25) is 0 Å². The average Bonchev–Trinajstić information content (AvgIpc) is 2.32. The summed E-state index contributed by atoms with van der Waals surface area (Å²) < 4.78 is 0. The third-order valence-electron chi connectivity index (χ3n) is 3.30. The van der Waals surface area contributed by atoms with Crippen LogP contribution in [0.5, 0.6) is 0 Å². The van der Waals surface area contributed by atoms with E-state index in [9.17, 15) is 5.11 Å². The second-order valence-corrected chi connectivity index (χ2v) is 4.45. The van der Waals surface area contributed by atoms with Crippen molar-refractivity contribution < 1.29 is 5.11 Å². The molecule has 3 heteroatoms. The molecule has 2 heterocycles. The molecule has 1 aliphatic rings. The fraction of sp³-hybridized carbons (Fsp3) is 0.583. The summed E-state index contributed by atoms with van der Waals surface area (Å²) in [6, 6.07) is 4.05. The smallest absolute Gasteiger partial charge is 0.0491 e. The summed E-state index contributed by atoms with van der Waals surface area (Å²) in [7, 11) is 0. The molecular formula is C12H18N2O. The zero-order valence-corrected chi connectivity index (χ0v) is 8.95. The highest BCUT2D eigenvalue weighted by atomic mass is 16.3. The van der Waals surface area contributed by atoms with E-state index in [-0.39, 0.29) is 12.0 Å². The predicted molar refractivity (Wildman–Crippen MR) is 59.6 cm³/mol. The van der Waals surface area contributed by atoms with E-state index in [1.165, 1.54) is 5.56 Å². The van der Waals surface area contributed by atoms with Gasteiger partial charge < -0.3 is 10.4 Å². The predicted octanol–water partition coefficient (Wildman–Crippen LogP) is 0.986. The normalized spacial score (nSPS) is 20.1. The summed E-state index contributed by atoms with van der Waals surface area (Å²) in [5.41, 5.74) is 1.31. The maximum Gasteiger partial charge on any atom is 0.0491 e. The molecule has 1 aromatic heterocycles. The van der Waals surface area contributed by atoms with Crippen LogP contribution in [-0.4, -0.2) is 29.8 Å². The van der Waals surface area contributed by atoms with Gasteiger partial charge in [-0.3, -0.25) is 4.98 Å². The van der Waals surface area contributed by atoms with E-state index >= 15 is 0 Å². The van der Waals surface area contributed by atoms with Gasteiger partial charge in [-0.2, -0.15) is 0 Å². The summed E-state index contributed by atoms with van der Waals surface area (Å²) >= 11 is 0. The lowest BCUT2D eigenvalue weighted by Crippen LogP contribution is -2.40. The molecule has 0 unspecified atom stereocenters. The number of aliphatic hydroxyl groups excluding tert-OH is 1. The van der Waals surface area contributed by atoms with E-state index in [0.29, 0.717) is 0 Å². The lowest BCUT2D eigenvalue weighted by molar-refractivity contribution is 0.0892. The average molecular weight is 206 g/mol. The Labute approximate surface area is 90.5 Å². The van der Waals surface area contributed by atoms with Gasteiger partial charge in [0.25, 0.3) is 0 Å². The number of nitrogens with one attached hydrogen (secondary N) is 1. The molecule has 3 nitrogen and oxygen atoms in total. The number of piperidine rings is 1. The third-order valence-corrected chi connectivity index (χ3v) is 3.30. The second kappa shape index (κ2) is 4.73. The minimum atomic E-state index is 0.0777. The Morgan fingerprint density at radius 1 is 1.40 bits per heavy atom. The summed E-state index contributed by atoms with van der Waals surface area (Å²) in [4.78, 5) is 4.12. The molecule has 0 atom stereocenters. The van der Waals surface area contributed by atoms with E-state index in [4.69, 9.17) is 0 Å². The van der Waals surface area contributed by atoms with Gasteiger partial charge in [-0.25, -0.2) is 0 Å². The minimum absolute atomic E-state index is 0.0777. The first-order chi connectivity index (χ1) is 7.35. The lowest BCUT2D eigenvalue weighted by atomic mass is 9.75.